The standard InChI is InChI=1S/C18H17ClF2N2O2/c1-11(12-3-2-4-13(20)9-12)23-17(24)7-8-22-18(25)15-6-5-14(21)10-16(15)19/h2-6,9-11H,7-8H2,1H3,(H,22,25)(H,23,24). The molecular weight excluding hydrogens is 350 g/mol. The van der Waals surface area contributed by atoms with Crippen molar-refractivity contribution < 1.29 is 18.4 Å². The van der Waals surface area contributed by atoms with E-state index in [1.807, 2.05) is 0 Å². The molecule has 0 aliphatic heterocycles. The highest BCUT2D eigenvalue weighted by atomic mass is 35.5. The molecular formula is C18H17ClF2N2O2. The highest BCUT2D eigenvalue weighted by molar-refractivity contribution is 6.33. The van der Waals surface area contributed by atoms with Crippen molar-refractivity contribution in [2.24, 2.45) is 0 Å². The topological polar surface area (TPSA) is 58.2 Å². The van der Waals surface area contributed by atoms with Crippen molar-refractivity contribution in [3.63, 3.8) is 0 Å². The van der Waals surface area contributed by atoms with Gasteiger partial charge in [0.1, 0.15) is 11.6 Å². The fraction of sp³-hybridized carbons (Fsp3) is 0.222. The number of rotatable bonds is 6. The zero-order valence-corrected chi connectivity index (χ0v) is 14.2. The first-order valence-electron chi connectivity index (χ1n) is 7.65. The maximum Gasteiger partial charge on any atom is 0.252 e. The van der Waals surface area contributed by atoms with E-state index in [0.29, 0.717) is 5.56 Å². The summed E-state index contributed by atoms with van der Waals surface area (Å²) in [6.45, 7) is 1.83. The predicted octanol–water partition coefficient (Wildman–Crippen LogP) is 3.62. The summed E-state index contributed by atoms with van der Waals surface area (Å²) in [7, 11) is 0. The lowest BCUT2D eigenvalue weighted by Gasteiger charge is -2.14. The van der Waals surface area contributed by atoms with Crippen LogP contribution in [0.2, 0.25) is 5.02 Å². The Morgan fingerprint density at radius 2 is 1.84 bits per heavy atom. The van der Waals surface area contributed by atoms with Crippen molar-refractivity contribution >= 4 is 23.4 Å². The molecule has 25 heavy (non-hydrogen) atoms. The average Bonchev–Trinajstić information content (AvgIpc) is 2.54. The molecule has 132 valence electrons. The quantitative estimate of drug-likeness (QED) is 0.820. The molecule has 0 heterocycles. The Hall–Kier alpha value is -2.47. The largest absolute Gasteiger partial charge is 0.351 e. The summed E-state index contributed by atoms with van der Waals surface area (Å²) in [6.07, 6.45) is 0.0458. The Morgan fingerprint density at radius 3 is 2.52 bits per heavy atom. The maximum absolute atomic E-state index is 13.2. The maximum atomic E-state index is 13.2. The van der Waals surface area contributed by atoms with Gasteiger partial charge in [0.05, 0.1) is 16.6 Å². The third kappa shape index (κ3) is 5.53. The zero-order valence-electron chi connectivity index (χ0n) is 13.5. The Morgan fingerprint density at radius 1 is 1.12 bits per heavy atom. The lowest BCUT2D eigenvalue weighted by Crippen LogP contribution is -2.32. The van der Waals surface area contributed by atoms with Crippen LogP contribution in [0.15, 0.2) is 42.5 Å². The number of benzene rings is 2. The number of hydrogen-bond donors (Lipinski definition) is 2. The molecule has 2 amide bonds. The molecule has 0 spiro atoms. The molecule has 0 aliphatic rings. The van der Waals surface area contributed by atoms with E-state index in [2.05, 4.69) is 10.6 Å². The monoisotopic (exact) mass is 366 g/mol. The first-order valence-corrected chi connectivity index (χ1v) is 8.02. The molecule has 2 rings (SSSR count). The van der Waals surface area contributed by atoms with Crippen molar-refractivity contribution in [3.05, 3.63) is 70.2 Å². The van der Waals surface area contributed by atoms with Gasteiger partial charge in [0.15, 0.2) is 0 Å². The van der Waals surface area contributed by atoms with Gasteiger partial charge < -0.3 is 10.6 Å². The normalized spacial score (nSPS) is 11.7. The van der Waals surface area contributed by atoms with E-state index in [4.69, 9.17) is 11.6 Å². The molecule has 0 fully saturated rings. The van der Waals surface area contributed by atoms with Gasteiger partial charge in [-0.05, 0) is 42.8 Å². The van der Waals surface area contributed by atoms with Crippen LogP contribution in [0.1, 0.15) is 35.3 Å². The fourth-order valence-electron chi connectivity index (χ4n) is 2.23. The number of carbonyl (C=O) groups excluding carboxylic acids is 2. The Bertz CT molecular complexity index is 783. The molecule has 7 heteroatoms. The number of nitrogens with one attached hydrogen (secondary N) is 2. The molecule has 1 atom stereocenters. The molecule has 0 radical (unpaired) electrons. The van der Waals surface area contributed by atoms with Crippen molar-refractivity contribution in [3.8, 4) is 0 Å². The summed E-state index contributed by atoms with van der Waals surface area (Å²) in [5.74, 6) is -1.69. The van der Waals surface area contributed by atoms with Gasteiger partial charge in [0, 0.05) is 13.0 Å². The van der Waals surface area contributed by atoms with Crippen LogP contribution in [-0.4, -0.2) is 18.4 Å². The first-order chi connectivity index (χ1) is 11.9. The predicted molar refractivity (Wildman–Crippen MR) is 91.3 cm³/mol. The molecule has 2 N–H and O–H groups in total. The summed E-state index contributed by atoms with van der Waals surface area (Å²) in [5, 5.41) is 5.27. The lowest BCUT2D eigenvalue weighted by molar-refractivity contribution is -0.121. The lowest BCUT2D eigenvalue weighted by atomic mass is 10.1. The molecule has 0 aliphatic carbocycles. The summed E-state index contributed by atoms with van der Waals surface area (Å²) in [4.78, 5) is 23.9. The highest BCUT2D eigenvalue weighted by Gasteiger charge is 2.13. The van der Waals surface area contributed by atoms with Gasteiger partial charge in [-0.3, -0.25) is 9.59 Å². The first kappa shape index (κ1) is 18.9. The van der Waals surface area contributed by atoms with Crippen molar-refractivity contribution in [2.45, 2.75) is 19.4 Å². The molecule has 1 unspecified atom stereocenters. The summed E-state index contributed by atoms with van der Waals surface area (Å²) >= 11 is 5.80. The van der Waals surface area contributed by atoms with Gasteiger partial charge in [-0.15, -0.1) is 0 Å². The number of halogens is 3. The smallest absolute Gasteiger partial charge is 0.252 e. The second kappa shape index (κ2) is 8.58. The van der Waals surface area contributed by atoms with Crippen molar-refractivity contribution in [1.82, 2.24) is 10.6 Å². The molecule has 0 saturated heterocycles. The molecule has 2 aromatic rings. The Kier molecular flexibility index (Phi) is 6.47. The van der Waals surface area contributed by atoms with Gasteiger partial charge in [0.2, 0.25) is 5.91 Å². The minimum Gasteiger partial charge on any atom is -0.351 e. The molecule has 0 saturated carbocycles. The minimum absolute atomic E-state index is 0.00155. The second-order valence-corrected chi connectivity index (χ2v) is 5.88. The molecule has 4 nitrogen and oxygen atoms in total. The van der Waals surface area contributed by atoms with E-state index in [-0.39, 0.29) is 41.3 Å². The van der Waals surface area contributed by atoms with Crippen LogP contribution in [0.4, 0.5) is 8.78 Å². The number of amides is 2. The van der Waals surface area contributed by atoms with Crippen LogP contribution in [-0.2, 0) is 4.79 Å². The van der Waals surface area contributed by atoms with Gasteiger partial charge >= 0.3 is 0 Å². The van der Waals surface area contributed by atoms with Crippen LogP contribution < -0.4 is 10.6 Å². The van der Waals surface area contributed by atoms with Crippen LogP contribution in [0.3, 0.4) is 0 Å². The van der Waals surface area contributed by atoms with E-state index >= 15 is 0 Å². The second-order valence-electron chi connectivity index (χ2n) is 5.47. The van der Waals surface area contributed by atoms with Crippen LogP contribution >= 0.6 is 11.6 Å². The minimum atomic E-state index is -0.535. The zero-order chi connectivity index (χ0) is 18.4. The third-order valence-corrected chi connectivity index (χ3v) is 3.85. The van der Waals surface area contributed by atoms with Crippen molar-refractivity contribution in [2.75, 3.05) is 6.54 Å². The van der Waals surface area contributed by atoms with Crippen LogP contribution in [0.25, 0.3) is 0 Å². The van der Waals surface area contributed by atoms with E-state index in [1.165, 1.54) is 18.2 Å². The van der Waals surface area contributed by atoms with Gasteiger partial charge in [0.25, 0.3) is 5.91 Å². The van der Waals surface area contributed by atoms with Crippen LogP contribution in [0.5, 0.6) is 0 Å². The van der Waals surface area contributed by atoms with E-state index < -0.39 is 11.7 Å². The highest BCUT2D eigenvalue weighted by Crippen LogP contribution is 2.17. The third-order valence-electron chi connectivity index (χ3n) is 3.54. The van der Waals surface area contributed by atoms with Gasteiger partial charge in [-0.2, -0.15) is 0 Å². The summed E-state index contributed by atoms with van der Waals surface area (Å²) < 4.78 is 26.1. The van der Waals surface area contributed by atoms with E-state index in [1.54, 1.807) is 19.1 Å². The van der Waals surface area contributed by atoms with Crippen LogP contribution in [0, 0.1) is 11.6 Å². The molecule has 2 aromatic carbocycles. The molecule has 0 bridgehead atoms. The number of hydrogen-bond acceptors (Lipinski definition) is 2. The average molecular weight is 367 g/mol. The van der Waals surface area contributed by atoms with E-state index in [0.717, 1.165) is 12.1 Å². The fourth-order valence-corrected chi connectivity index (χ4v) is 2.48. The summed E-state index contributed by atoms with van der Waals surface area (Å²) in [6, 6.07) is 9.06. The Labute approximate surface area is 149 Å². The number of carbonyl (C=O) groups is 2. The Balaban J connectivity index is 1.81. The van der Waals surface area contributed by atoms with Crippen molar-refractivity contribution in [1.29, 1.82) is 0 Å². The molecule has 0 aromatic heterocycles. The van der Waals surface area contributed by atoms with Gasteiger partial charge in [-0.1, -0.05) is 23.7 Å². The van der Waals surface area contributed by atoms with Gasteiger partial charge in [-0.25, -0.2) is 8.78 Å². The SMILES string of the molecule is CC(NC(=O)CCNC(=O)c1ccc(F)cc1Cl)c1cccc(F)c1. The van der Waals surface area contributed by atoms with E-state index in [9.17, 15) is 18.4 Å². The summed E-state index contributed by atoms with van der Waals surface area (Å²) in [5.41, 5.74) is 0.784.